The van der Waals surface area contributed by atoms with Gasteiger partial charge in [-0.25, -0.2) is 4.98 Å². The predicted octanol–water partition coefficient (Wildman–Crippen LogP) is 4.45. The summed E-state index contributed by atoms with van der Waals surface area (Å²) in [5.74, 6) is 0. The second kappa shape index (κ2) is 4.67. The fraction of sp³-hybridized carbons (Fsp3) is 0.111. The first kappa shape index (κ1) is 12.8. The molecule has 3 heterocycles. The van der Waals surface area contributed by atoms with Gasteiger partial charge in [0.1, 0.15) is 10.5 Å². The average molecular weight is 318 g/mol. The molecule has 112 valence electrons. The Morgan fingerprint density at radius 3 is 2.61 bits per heavy atom. The Morgan fingerprint density at radius 2 is 1.78 bits per heavy atom. The van der Waals surface area contributed by atoms with Crippen LogP contribution in [0.1, 0.15) is 11.9 Å². The number of benzene rings is 2. The van der Waals surface area contributed by atoms with E-state index in [9.17, 15) is 0 Å². The monoisotopic (exact) mass is 318 g/mol. The molecule has 3 aromatic heterocycles. The maximum absolute atomic E-state index is 4.86. The van der Waals surface area contributed by atoms with Gasteiger partial charge in [-0.15, -0.1) is 0 Å². The largest absolute Gasteiger partial charge is 0.292 e. The Labute approximate surface area is 136 Å². The summed E-state index contributed by atoms with van der Waals surface area (Å²) < 4.78 is 4.25. The fourth-order valence-corrected chi connectivity index (χ4v) is 3.95. The molecule has 0 fully saturated rings. The van der Waals surface area contributed by atoms with Crippen LogP contribution in [0.25, 0.3) is 32.7 Å². The van der Waals surface area contributed by atoms with Crippen molar-refractivity contribution >= 4 is 38.4 Å². The molecule has 2 aromatic carbocycles. The highest BCUT2D eigenvalue weighted by Crippen LogP contribution is 2.33. The number of rotatable bonds is 2. The molecule has 0 aliphatic rings. The number of para-hydroxylation sites is 2. The van der Waals surface area contributed by atoms with Crippen molar-refractivity contribution in [2.75, 3.05) is 0 Å². The van der Waals surface area contributed by atoms with E-state index in [2.05, 4.69) is 60.0 Å². The third-order valence-electron chi connectivity index (χ3n) is 4.15. The fourth-order valence-electron chi connectivity index (χ4n) is 3.12. The summed E-state index contributed by atoms with van der Waals surface area (Å²) in [7, 11) is 0. The molecule has 0 aliphatic heterocycles. The lowest BCUT2D eigenvalue weighted by Gasteiger charge is -2.06. The molecule has 0 N–H and O–H groups in total. The summed E-state index contributed by atoms with van der Waals surface area (Å²) in [5, 5.41) is 7.03. The van der Waals surface area contributed by atoms with E-state index in [0.717, 1.165) is 38.8 Å². The van der Waals surface area contributed by atoms with Crippen molar-refractivity contribution in [3.05, 3.63) is 59.6 Å². The minimum atomic E-state index is 0.932. The number of aromatic nitrogens is 4. The zero-order valence-electron chi connectivity index (χ0n) is 12.6. The van der Waals surface area contributed by atoms with Crippen LogP contribution in [-0.4, -0.2) is 19.2 Å². The first-order valence-electron chi connectivity index (χ1n) is 7.70. The molecule has 0 spiro atoms. The maximum Gasteiger partial charge on any atom is 0.214 e. The molecule has 0 aliphatic carbocycles. The van der Waals surface area contributed by atoms with Gasteiger partial charge in [0.15, 0.2) is 5.65 Å². The molecule has 0 radical (unpaired) electrons. The van der Waals surface area contributed by atoms with Gasteiger partial charge in [-0.2, -0.15) is 9.61 Å². The highest BCUT2D eigenvalue weighted by molar-refractivity contribution is 7.16. The van der Waals surface area contributed by atoms with Gasteiger partial charge in [0.05, 0.1) is 5.52 Å². The van der Waals surface area contributed by atoms with Crippen molar-refractivity contribution in [3.8, 4) is 5.69 Å². The van der Waals surface area contributed by atoms with E-state index in [0.29, 0.717) is 0 Å². The van der Waals surface area contributed by atoms with Crippen LogP contribution in [0.5, 0.6) is 0 Å². The van der Waals surface area contributed by atoms with Gasteiger partial charge >= 0.3 is 0 Å². The van der Waals surface area contributed by atoms with Crippen LogP contribution in [0, 0.1) is 0 Å². The number of nitrogens with zero attached hydrogens (tertiary/aromatic N) is 4. The molecular formula is C18H14N4S. The summed E-state index contributed by atoms with van der Waals surface area (Å²) in [5.41, 5.74) is 4.36. The molecule has 0 bridgehead atoms. The molecule has 23 heavy (non-hydrogen) atoms. The Hall–Kier alpha value is -2.66. The van der Waals surface area contributed by atoms with E-state index < -0.39 is 0 Å². The standard InChI is InChI=1S/C18H14N4S/c1-2-15-20-22-17-16(19-18(22)23-15)13-10-6-7-11-14(13)21(17)12-8-4-3-5-9-12/h3-11H,2H2,1H3. The molecular weight excluding hydrogens is 304 g/mol. The molecule has 5 heteroatoms. The molecule has 5 aromatic rings. The molecule has 0 saturated heterocycles. The van der Waals surface area contributed by atoms with E-state index in [1.807, 2.05) is 10.6 Å². The summed E-state index contributed by atoms with van der Waals surface area (Å²) in [6.45, 7) is 2.13. The highest BCUT2D eigenvalue weighted by Gasteiger charge is 2.19. The summed E-state index contributed by atoms with van der Waals surface area (Å²) >= 11 is 1.67. The molecule has 0 saturated carbocycles. The zero-order valence-corrected chi connectivity index (χ0v) is 13.4. The maximum atomic E-state index is 4.86. The van der Waals surface area contributed by atoms with Crippen LogP contribution in [0.15, 0.2) is 54.6 Å². The first-order valence-corrected chi connectivity index (χ1v) is 8.51. The minimum absolute atomic E-state index is 0.932. The van der Waals surface area contributed by atoms with Gasteiger partial charge in [-0.05, 0) is 24.6 Å². The quantitative estimate of drug-likeness (QED) is 0.482. The summed E-state index contributed by atoms with van der Waals surface area (Å²) in [6, 6.07) is 18.8. The van der Waals surface area contributed by atoms with Crippen molar-refractivity contribution in [1.29, 1.82) is 0 Å². The molecule has 5 rings (SSSR count). The van der Waals surface area contributed by atoms with E-state index in [4.69, 9.17) is 10.1 Å². The van der Waals surface area contributed by atoms with Gasteiger partial charge in [-0.3, -0.25) is 4.57 Å². The number of hydrogen-bond acceptors (Lipinski definition) is 3. The van der Waals surface area contributed by atoms with E-state index in [1.165, 1.54) is 5.39 Å². The van der Waals surface area contributed by atoms with Crippen molar-refractivity contribution < 1.29 is 0 Å². The number of fused-ring (bicyclic) bond motifs is 5. The topological polar surface area (TPSA) is 35.1 Å². The Bertz CT molecular complexity index is 1150. The smallest absolute Gasteiger partial charge is 0.214 e. The van der Waals surface area contributed by atoms with Crippen LogP contribution in [0.3, 0.4) is 0 Å². The minimum Gasteiger partial charge on any atom is -0.292 e. The normalized spacial score (nSPS) is 11.9. The second-order valence-corrected chi connectivity index (χ2v) is 6.56. The van der Waals surface area contributed by atoms with E-state index >= 15 is 0 Å². The lowest BCUT2D eigenvalue weighted by atomic mass is 10.2. The van der Waals surface area contributed by atoms with Crippen LogP contribution < -0.4 is 0 Å². The van der Waals surface area contributed by atoms with Gasteiger partial charge < -0.3 is 0 Å². The number of imidazole rings is 1. The summed E-state index contributed by atoms with van der Waals surface area (Å²) in [4.78, 5) is 5.82. The third kappa shape index (κ3) is 1.71. The van der Waals surface area contributed by atoms with Crippen molar-refractivity contribution in [1.82, 2.24) is 19.2 Å². The number of hydrogen-bond donors (Lipinski definition) is 0. The van der Waals surface area contributed by atoms with Crippen LogP contribution >= 0.6 is 11.3 Å². The van der Waals surface area contributed by atoms with Crippen molar-refractivity contribution in [3.63, 3.8) is 0 Å². The second-order valence-electron chi connectivity index (χ2n) is 5.52. The SMILES string of the molecule is CCc1nn2c(nc3c4ccccc4n(-c4ccccc4)c32)s1. The lowest BCUT2D eigenvalue weighted by molar-refractivity contribution is 0.910. The van der Waals surface area contributed by atoms with E-state index in [-0.39, 0.29) is 0 Å². The van der Waals surface area contributed by atoms with Crippen LogP contribution in [0.2, 0.25) is 0 Å². The van der Waals surface area contributed by atoms with Crippen LogP contribution in [0.4, 0.5) is 0 Å². The third-order valence-corrected chi connectivity index (χ3v) is 5.20. The van der Waals surface area contributed by atoms with E-state index in [1.54, 1.807) is 11.3 Å². The highest BCUT2D eigenvalue weighted by atomic mass is 32.1. The summed E-state index contributed by atoms with van der Waals surface area (Å²) in [6.07, 6.45) is 0.932. The molecule has 0 atom stereocenters. The molecule has 0 unspecified atom stereocenters. The first-order chi connectivity index (χ1) is 11.4. The predicted molar refractivity (Wildman–Crippen MR) is 94.6 cm³/mol. The molecule has 0 amide bonds. The zero-order chi connectivity index (χ0) is 15.4. The Kier molecular flexibility index (Phi) is 2.60. The Morgan fingerprint density at radius 1 is 1.00 bits per heavy atom. The Balaban J connectivity index is 2.02. The molecule has 4 nitrogen and oxygen atoms in total. The average Bonchev–Trinajstić information content (AvgIpc) is 3.23. The van der Waals surface area contributed by atoms with Crippen LogP contribution in [-0.2, 0) is 6.42 Å². The van der Waals surface area contributed by atoms with Crippen molar-refractivity contribution in [2.45, 2.75) is 13.3 Å². The van der Waals surface area contributed by atoms with Gasteiger partial charge in [-0.1, -0.05) is 54.7 Å². The number of aryl methyl sites for hydroxylation is 1. The van der Waals surface area contributed by atoms with Crippen molar-refractivity contribution in [2.24, 2.45) is 0 Å². The van der Waals surface area contributed by atoms with Gasteiger partial charge in [0.25, 0.3) is 0 Å². The lowest BCUT2D eigenvalue weighted by Crippen LogP contribution is -1.97. The van der Waals surface area contributed by atoms with Gasteiger partial charge in [0, 0.05) is 11.1 Å². The van der Waals surface area contributed by atoms with Gasteiger partial charge in [0.2, 0.25) is 4.96 Å².